The summed E-state index contributed by atoms with van der Waals surface area (Å²) in [7, 11) is 0. The smallest absolute Gasteiger partial charge is 0.252 e. The number of nitrogens with zero attached hydrogens (tertiary/aromatic N) is 2. The third kappa shape index (κ3) is 3.26. The molecule has 0 saturated carbocycles. The molecule has 0 unspecified atom stereocenters. The Morgan fingerprint density at radius 1 is 1.11 bits per heavy atom. The highest BCUT2D eigenvalue weighted by molar-refractivity contribution is 7.10. The van der Waals surface area contributed by atoms with Crippen LogP contribution in [0.1, 0.15) is 20.9 Å². The molecule has 7 heteroatoms. The van der Waals surface area contributed by atoms with Crippen LogP contribution in [0.3, 0.4) is 0 Å². The van der Waals surface area contributed by atoms with Crippen LogP contribution in [0.2, 0.25) is 5.02 Å². The Labute approximate surface area is 166 Å². The third-order valence-electron chi connectivity index (χ3n) is 4.80. The fraction of sp³-hybridized carbons (Fsp3) is 0.200. The van der Waals surface area contributed by atoms with Crippen LogP contribution in [0.5, 0.6) is 0 Å². The number of hydrogen-bond acceptors (Lipinski definition) is 3. The minimum Gasteiger partial charge on any atom is -0.365 e. The maximum Gasteiger partial charge on any atom is 0.252 e. The zero-order valence-corrected chi connectivity index (χ0v) is 16.1. The van der Waals surface area contributed by atoms with Crippen molar-refractivity contribution in [2.45, 2.75) is 19.5 Å². The molecule has 27 heavy (non-hydrogen) atoms. The van der Waals surface area contributed by atoms with E-state index >= 15 is 0 Å². The van der Waals surface area contributed by atoms with Gasteiger partial charge in [0.15, 0.2) is 0 Å². The van der Waals surface area contributed by atoms with Gasteiger partial charge in [-0.1, -0.05) is 48.0 Å². The van der Waals surface area contributed by atoms with E-state index in [2.05, 4.69) is 0 Å². The molecule has 0 bridgehead atoms. The first-order chi connectivity index (χ1) is 13.1. The Balaban J connectivity index is 1.70. The molecule has 3 aromatic rings. The summed E-state index contributed by atoms with van der Waals surface area (Å²) in [4.78, 5) is 27.6. The van der Waals surface area contributed by atoms with E-state index in [4.69, 9.17) is 17.3 Å². The average molecular weight is 400 g/mol. The Morgan fingerprint density at radius 2 is 1.89 bits per heavy atom. The summed E-state index contributed by atoms with van der Waals surface area (Å²) >= 11 is 8.13. The summed E-state index contributed by atoms with van der Waals surface area (Å²) in [5.41, 5.74) is 8.35. The average Bonchev–Trinajstić information content (AvgIpc) is 3.26. The van der Waals surface area contributed by atoms with Gasteiger partial charge in [-0.15, -0.1) is 11.3 Å². The number of fused-ring (bicyclic) bond motifs is 1. The van der Waals surface area contributed by atoms with Gasteiger partial charge in [0, 0.05) is 18.0 Å². The predicted molar refractivity (Wildman–Crippen MR) is 107 cm³/mol. The summed E-state index contributed by atoms with van der Waals surface area (Å²) in [6.45, 7) is 1.47. The number of thiophene rings is 1. The van der Waals surface area contributed by atoms with Gasteiger partial charge in [0.1, 0.15) is 0 Å². The highest BCUT2D eigenvalue weighted by atomic mass is 35.5. The lowest BCUT2D eigenvalue weighted by atomic mass is 10.1. The summed E-state index contributed by atoms with van der Waals surface area (Å²) in [6, 6.07) is 13.6. The van der Waals surface area contributed by atoms with Gasteiger partial charge in [0.05, 0.1) is 34.9 Å². The Morgan fingerprint density at radius 3 is 2.56 bits per heavy atom. The molecule has 138 valence electrons. The van der Waals surface area contributed by atoms with Crippen molar-refractivity contribution in [3.05, 3.63) is 69.0 Å². The topological polar surface area (TPSA) is 68.3 Å². The molecule has 2 N–H and O–H groups in total. The largest absolute Gasteiger partial charge is 0.365 e. The first-order valence-electron chi connectivity index (χ1n) is 8.62. The molecule has 4 rings (SSSR count). The first-order valence-corrected chi connectivity index (χ1v) is 9.88. The van der Waals surface area contributed by atoms with E-state index in [0.29, 0.717) is 42.3 Å². The SMILES string of the molecule is NC(=O)c1c(Cl)c(-c2ccccc2)n2c1CN(C(=O)Cc1cccs1)CC2. The fourth-order valence-corrected chi connectivity index (χ4v) is 4.65. The zero-order chi connectivity index (χ0) is 19.0. The van der Waals surface area contributed by atoms with Crippen molar-refractivity contribution >= 4 is 34.8 Å². The van der Waals surface area contributed by atoms with Crippen molar-refractivity contribution in [2.75, 3.05) is 6.54 Å². The molecule has 1 aliphatic heterocycles. The van der Waals surface area contributed by atoms with E-state index in [9.17, 15) is 9.59 Å². The van der Waals surface area contributed by atoms with Gasteiger partial charge in [-0.2, -0.15) is 0 Å². The van der Waals surface area contributed by atoms with Gasteiger partial charge in [-0.05, 0) is 17.0 Å². The van der Waals surface area contributed by atoms with E-state index in [1.165, 1.54) is 0 Å². The van der Waals surface area contributed by atoms with Crippen LogP contribution in [-0.2, 0) is 24.3 Å². The minimum absolute atomic E-state index is 0.0395. The Hall–Kier alpha value is -2.57. The van der Waals surface area contributed by atoms with Crippen LogP contribution in [0.4, 0.5) is 0 Å². The summed E-state index contributed by atoms with van der Waals surface area (Å²) in [6.07, 6.45) is 0.365. The second-order valence-corrected chi connectivity index (χ2v) is 7.85. The number of benzene rings is 1. The van der Waals surface area contributed by atoms with Crippen molar-refractivity contribution in [1.82, 2.24) is 9.47 Å². The second kappa shape index (κ2) is 7.21. The van der Waals surface area contributed by atoms with Crippen molar-refractivity contribution in [2.24, 2.45) is 5.73 Å². The molecule has 0 radical (unpaired) electrons. The highest BCUT2D eigenvalue weighted by Gasteiger charge is 2.31. The molecule has 2 amide bonds. The minimum atomic E-state index is -0.571. The van der Waals surface area contributed by atoms with Gasteiger partial charge in [-0.25, -0.2) is 0 Å². The number of halogens is 1. The van der Waals surface area contributed by atoms with Crippen LogP contribution < -0.4 is 5.73 Å². The zero-order valence-electron chi connectivity index (χ0n) is 14.5. The Kier molecular flexibility index (Phi) is 4.76. The number of amides is 2. The van der Waals surface area contributed by atoms with Gasteiger partial charge in [-0.3, -0.25) is 9.59 Å². The molecule has 1 aliphatic rings. The summed E-state index contributed by atoms with van der Waals surface area (Å²) in [5.74, 6) is -0.531. The number of hydrogen-bond donors (Lipinski definition) is 1. The fourth-order valence-electron chi connectivity index (χ4n) is 3.54. The molecule has 1 aromatic carbocycles. The highest BCUT2D eigenvalue weighted by Crippen LogP contribution is 2.37. The molecule has 0 aliphatic carbocycles. The van der Waals surface area contributed by atoms with E-state index in [1.807, 2.05) is 52.4 Å². The van der Waals surface area contributed by atoms with Gasteiger partial charge in [0.2, 0.25) is 5.91 Å². The molecule has 3 heterocycles. The standard InChI is InChI=1S/C20H18ClN3O2S/c21-18-17(20(22)26)15-12-23(16(25)11-14-7-4-10-27-14)8-9-24(15)19(18)13-5-2-1-3-6-13/h1-7,10H,8-9,11-12H2,(H2,22,26). The van der Waals surface area contributed by atoms with Gasteiger partial charge < -0.3 is 15.2 Å². The first kappa shape index (κ1) is 17.8. The number of carbonyl (C=O) groups is 2. The third-order valence-corrected chi connectivity index (χ3v) is 6.04. The van der Waals surface area contributed by atoms with E-state index in [0.717, 1.165) is 16.1 Å². The number of primary amides is 1. The maximum absolute atomic E-state index is 12.7. The van der Waals surface area contributed by atoms with E-state index in [1.54, 1.807) is 16.2 Å². The predicted octanol–water partition coefficient (Wildman–Crippen LogP) is 3.55. The number of carbonyl (C=O) groups excluding carboxylic acids is 2. The number of nitrogens with two attached hydrogens (primary N) is 1. The molecule has 5 nitrogen and oxygen atoms in total. The summed E-state index contributed by atoms with van der Waals surface area (Å²) in [5, 5.41) is 2.32. The van der Waals surface area contributed by atoms with Crippen LogP contribution in [-0.4, -0.2) is 27.8 Å². The van der Waals surface area contributed by atoms with Gasteiger partial charge >= 0.3 is 0 Å². The molecule has 0 atom stereocenters. The van der Waals surface area contributed by atoms with E-state index in [-0.39, 0.29) is 5.91 Å². The van der Waals surface area contributed by atoms with Crippen molar-refractivity contribution in [3.8, 4) is 11.3 Å². The molecule has 2 aromatic heterocycles. The number of rotatable bonds is 4. The van der Waals surface area contributed by atoms with Crippen LogP contribution >= 0.6 is 22.9 Å². The molecular weight excluding hydrogens is 382 g/mol. The normalized spacial score (nSPS) is 13.4. The summed E-state index contributed by atoms with van der Waals surface area (Å²) < 4.78 is 2.02. The van der Waals surface area contributed by atoms with Crippen LogP contribution in [0, 0.1) is 0 Å². The lowest BCUT2D eigenvalue weighted by Crippen LogP contribution is -2.39. The maximum atomic E-state index is 12.7. The van der Waals surface area contributed by atoms with Crippen molar-refractivity contribution in [1.29, 1.82) is 0 Å². The lowest BCUT2D eigenvalue weighted by molar-refractivity contribution is -0.131. The Bertz CT molecular complexity index is 996. The molecule has 0 saturated heterocycles. The number of aromatic nitrogens is 1. The molecular formula is C20H18ClN3O2S. The molecule has 0 spiro atoms. The molecule has 0 fully saturated rings. The van der Waals surface area contributed by atoms with Gasteiger partial charge in [0.25, 0.3) is 5.91 Å². The second-order valence-electron chi connectivity index (χ2n) is 6.44. The van der Waals surface area contributed by atoms with Crippen molar-refractivity contribution in [3.63, 3.8) is 0 Å². The van der Waals surface area contributed by atoms with Crippen LogP contribution in [0.25, 0.3) is 11.3 Å². The van der Waals surface area contributed by atoms with Crippen molar-refractivity contribution < 1.29 is 9.59 Å². The lowest BCUT2D eigenvalue weighted by Gasteiger charge is -2.30. The monoisotopic (exact) mass is 399 g/mol. The quantitative estimate of drug-likeness (QED) is 0.728. The van der Waals surface area contributed by atoms with Crippen LogP contribution in [0.15, 0.2) is 47.8 Å². The van der Waals surface area contributed by atoms with E-state index < -0.39 is 5.91 Å².